The number of hydrogen-bond donors (Lipinski definition) is 1. The SMILES string of the molecule is Nc1ccc2ccn(C(F)(F)F)c2c1. The van der Waals surface area contributed by atoms with Gasteiger partial charge in [-0.25, -0.2) is 0 Å². The van der Waals surface area contributed by atoms with Gasteiger partial charge in [0.05, 0.1) is 5.52 Å². The molecule has 0 saturated heterocycles. The first-order chi connectivity index (χ1) is 6.48. The Hall–Kier alpha value is -1.65. The highest BCUT2D eigenvalue weighted by Gasteiger charge is 2.31. The molecule has 0 amide bonds. The lowest BCUT2D eigenvalue weighted by molar-refractivity contribution is -0.200. The van der Waals surface area contributed by atoms with E-state index in [1.54, 1.807) is 12.1 Å². The fraction of sp³-hybridized carbons (Fsp3) is 0.111. The number of alkyl halides is 3. The zero-order valence-electron chi connectivity index (χ0n) is 7.05. The van der Waals surface area contributed by atoms with Gasteiger partial charge in [-0.05, 0) is 18.2 Å². The molecule has 0 unspecified atom stereocenters. The summed E-state index contributed by atoms with van der Waals surface area (Å²) in [6, 6.07) is 5.85. The average Bonchev–Trinajstić information content (AvgIpc) is 2.45. The minimum atomic E-state index is -4.39. The molecule has 0 saturated carbocycles. The maximum absolute atomic E-state index is 12.4. The molecule has 1 aromatic heterocycles. The van der Waals surface area contributed by atoms with E-state index in [0.717, 1.165) is 6.20 Å². The van der Waals surface area contributed by atoms with Gasteiger partial charge in [-0.2, -0.15) is 0 Å². The summed E-state index contributed by atoms with van der Waals surface area (Å²) in [5.41, 5.74) is 5.82. The number of halogens is 3. The zero-order chi connectivity index (χ0) is 10.3. The Morgan fingerprint density at radius 2 is 1.86 bits per heavy atom. The molecule has 5 heteroatoms. The predicted octanol–water partition coefficient (Wildman–Crippen LogP) is 2.70. The zero-order valence-corrected chi connectivity index (χ0v) is 7.05. The molecule has 0 bridgehead atoms. The Kier molecular flexibility index (Phi) is 1.70. The Bertz CT molecular complexity index is 470. The normalized spacial score (nSPS) is 12.2. The molecule has 0 aliphatic carbocycles. The van der Waals surface area contributed by atoms with E-state index >= 15 is 0 Å². The van der Waals surface area contributed by atoms with Gasteiger partial charge in [0.25, 0.3) is 0 Å². The van der Waals surface area contributed by atoms with Crippen LogP contribution in [0.5, 0.6) is 0 Å². The van der Waals surface area contributed by atoms with Gasteiger partial charge in [-0.15, -0.1) is 13.2 Å². The van der Waals surface area contributed by atoms with Crippen molar-refractivity contribution in [2.45, 2.75) is 6.30 Å². The monoisotopic (exact) mass is 200 g/mol. The summed E-state index contributed by atoms with van der Waals surface area (Å²) in [6.45, 7) is 0. The van der Waals surface area contributed by atoms with Gasteiger partial charge in [-0.3, -0.25) is 4.57 Å². The number of rotatable bonds is 0. The molecule has 2 rings (SSSR count). The number of anilines is 1. The van der Waals surface area contributed by atoms with Crippen molar-refractivity contribution in [2.75, 3.05) is 5.73 Å². The minimum Gasteiger partial charge on any atom is -0.399 e. The fourth-order valence-corrected chi connectivity index (χ4v) is 1.37. The summed E-state index contributed by atoms with van der Waals surface area (Å²) in [5.74, 6) is 0. The summed E-state index contributed by atoms with van der Waals surface area (Å²) in [7, 11) is 0. The Morgan fingerprint density at radius 3 is 2.50 bits per heavy atom. The van der Waals surface area contributed by atoms with Gasteiger partial charge >= 0.3 is 6.30 Å². The van der Waals surface area contributed by atoms with Crippen LogP contribution in [0.25, 0.3) is 10.9 Å². The minimum absolute atomic E-state index is 0.0810. The number of nitrogen functional groups attached to an aromatic ring is 1. The summed E-state index contributed by atoms with van der Waals surface area (Å²) >= 11 is 0. The first-order valence-electron chi connectivity index (χ1n) is 3.92. The van der Waals surface area contributed by atoms with E-state index in [9.17, 15) is 13.2 Å². The van der Waals surface area contributed by atoms with Crippen molar-refractivity contribution in [1.82, 2.24) is 4.57 Å². The van der Waals surface area contributed by atoms with Crippen molar-refractivity contribution in [3.8, 4) is 0 Å². The average molecular weight is 200 g/mol. The van der Waals surface area contributed by atoms with Crippen molar-refractivity contribution in [2.24, 2.45) is 0 Å². The second-order valence-electron chi connectivity index (χ2n) is 2.97. The highest BCUT2D eigenvalue weighted by atomic mass is 19.4. The van der Waals surface area contributed by atoms with Crippen molar-refractivity contribution in [3.63, 3.8) is 0 Å². The van der Waals surface area contributed by atoms with Crippen LogP contribution in [-0.2, 0) is 6.30 Å². The van der Waals surface area contributed by atoms with Crippen LogP contribution in [0.1, 0.15) is 0 Å². The van der Waals surface area contributed by atoms with Gasteiger partial charge < -0.3 is 5.73 Å². The number of aromatic nitrogens is 1. The molecular formula is C9H7F3N2. The molecule has 14 heavy (non-hydrogen) atoms. The summed E-state index contributed by atoms with van der Waals surface area (Å²) in [6.07, 6.45) is -3.40. The van der Waals surface area contributed by atoms with Crippen LogP contribution < -0.4 is 5.73 Å². The third-order valence-corrected chi connectivity index (χ3v) is 1.99. The predicted molar refractivity (Wildman–Crippen MR) is 47.6 cm³/mol. The Balaban J connectivity index is 2.73. The number of nitrogens with two attached hydrogens (primary N) is 1. The first kappa shape index (κ1) is 8.93. The molecule has 2 N–H and O–H groups in total. The largest absolute Gasteiger partial charge is 0.488 e. The molecule has 1 aromatic carbocycles. The van der Waals surface area contributed by atoms with E-state index in [4.69, 9.17) is 5.73 Å². The summed E-state index contributed by atoms with van der Waals surface area (Å²) in [4.78, 5) is 0. The van der Waals surface area contributed by atoms with Crippen LogP contribution in [0.3, 0.4) is 0 Å². The van der Waals surface area contributed by atoms with E-state index in [1.807, 2.05) is 0 Å². The van der Waals surface area contributed by atoms with Crippen LogP contribution >= 0.6 is 0 Å². The van der Waals surface area contributed by atoms with Gasteiger partial charge in [0, 0.05) is 17.3 Å². The van der Waals surface area contributed by atoms with E-state index < -0.39 is 6.30 Å². The number of nitrogens with zero attached hydrogens (tertiary/aromatic N) is 1. The number of fused-ring (bicyclic) bond motifs is 1. The van der Waals surface area contributed by atoms with Gasteiger partial charge in [-0.1, -0.05) is 6.07 Å². The maximum Gasteiger partial charge on any atom is 0.488 e. The maximum atomic E-state index is 12.4. The van der Waals surface area contributed by atoms with Crippen LogP contribution in [0.2, 0.25) is 0 Å². The summed E-state index contributed by atoms with van der Waals surface area (Å²) in [5, 5.41) is 0.525. The molecule has 74 valence electrons. The van der Waals surface area contributed by atoms with Gasteiger partial charge in [0.1, 0.15) is 0 Å². The third kappa shape index (κ3) is 1.30. The summed E-state index contributed by atoms with van der Waals surface area (Å²) < 4.78 is 37.5. The lowest BCUT2D eigenvalue weighted by atomic mass is 10.2. The van der Waals surface area contributed by atoms with Gasteiger partial charge in [0.15, 0.2) is 0 Å². The van der Waals surface area contributed by atoms with Crippen molar-refractivity contribution >= 4 is 16.6 Å². The molecule has 0 fully saturated rings. The lowest BCUT2D eigenvalue weighted by Crippen LogP contribution is -2.14. The highest BCUT2D eigenvalue weighted by molar-refractivity contribution is 5.83. The van der Waals surface area contributed by atoms with Crippen molar-refractivity contribution in [1.29, 1.82) is 0 Å². The Labute approximate surface area is 77.7 Å². The molecule has 0 aliphatic rings. The highest BCUT2D eigenvalue weighted by Crippen LogP contribution is 2.29. The van der Waals surface area contributed by atoms with Crippen LogP contribution in [-0.4, -0.2) is 4.57 Å². The second-order valence-corrected chi connectivity index (χ2v) is 2.97. The number of benzene rings is 1. The van der Waals surface area contributed by atoms with Crippen LogP contribution in [0.15, 0.2) is 30.5 Å². The van der Waals surface area contributed by atoms with E-state index in [1.165, 1.54) is 12.1 Å². The third-order valence-electron chi connectivity index (χ3n) is 1.99. The molecule has 0 atom stereocenters. The van der Waals surface area contributed by atoms with Crippen molar-refractivity contribution in [3.05, 3.63) is 30.5 Å². The topological polar surface area (TPSA) is 30.9 Å². The molecule has 2 nitrogen and oxygen atoms in total. The lowest BCUT2D eigenvalue weighted by Gasteiger charge is -2.09. The van der Waals surface area contributed by atoms with E-state index in [0.29, 0.717) is 11.1 Å². The van der Waals surface area contributed by atoms with Crippen LogP contribution in [0, 0.1) is 0 Å². The second kappa shape index (κ2) is 2.67. The van der Waals surface area contributed by atoms with E-state index in [2.05, 4.69) is 0 Å². The smallest absolute Gasteiger partial charge is 0.399 e. The molecular weight excluding hydrogens is 193 g/mol. The van der Waals surface area contributed by atoms with Crippen LogP contribution in [0.4, 0.5) is 18.9 Å². The molecule has 1 heterocycles. The molecule has 0 spiro atoms. The Morgan fingerprint density at radius 1 is 1.14 bits per heavy atom. The van der Waals surface area contributed by atoms with Crippen molar-refractivity contribution < 1.29 is 13.2 Å². The fourth-order valence-electron chi connectivity index (χ4n) is 1.37. The van der Waals surface area contributed by atoms with E-state index in [-0.39, 0.29) is 10.1 Å². The first-order valence-corrected chi connectivity index (χ1v) is 3.92. The van der Waals surface area contributed by atoms with Gasteiger partial charge in [0.2, 0.25) is 0 Å². The molecule has 2 aromatic rings. The quantitative estimate of drug-likeness (QED) is 0.651. The molecule has 0 radical (unpaired) electrons. The standard InChI is InChI=1S/C9H7F3N2/c10-9(11,12)14-4-3-6-1-2-7(13)5-8(6)14/h1-5H,13H2. The molecule has 0 aliphatic heterocycles. The number of hydrogen-bond acceptors (Lipinski definition) is 1.